The fourth-order valence-corrected chi connectivity index (χ4v) is 1.75. The summed E-state index contributed by atoms with van der Waals surface area (Å²) in [4.78, 5) is 12.1. The molecule has 0 aliphatic carbocycles. The average molecular weight is 240 g/mol. The second kappa shape index (κ2) is 4.92. The minimum absolute atomic E-state index is 0.0963. The van der Waals surface area contributed by atoms with Crippen LogP contribution in [0.25, 0.3) is 0 Å². The van der Waals surface area contributed by atoms with Gasteiger partial charge in [0.05, 0.1) is 0 Å². The van der Waals surface area contributed by atoms with Crippen molar-refractivity contribution in [3.05, 3.63) is 59.2 Å². The zero-order chi connectivity index (χ0) is 13.1. The Labute approximate surface area is 107 Å². The number of benzene rings is 2. The summed E-state index contributed by atoms with van der Waals surface area (Å²) in [6.45, 7) is 3.90. The number of carbonyl (C=O) groups is 1. The summed E-state index contributed by atoms with van der Waals surface area (Å²) in [7, 11) is 0. The third-order valence-electron chi connectivity index (χ3n) is 2.81. The van der Waals surface area contributed by atoms with E-state index >= 15 is 0 Å². The molecule has 0 bridgehead atoms. The molecule has 2 rings (SSSR count). The molecule has 0 aliphatic heterocycles. The van der Waals surface area contributed by atoms with Crippen molar-refractivity contribution in [1.82, 2.24) is 0 Å². The maximum absolute atomic E-state index is 12.1. The molecule has 2 aromatic carbocycles. The Bertz CT molecular complexity index is 574. The fourth-order valence-electron chi connectivity index (χ4n) is 1.75. The molecule has 0 aromatic heterocycles. The molecule has 0 atom stereocenters. The molecule has 0 unspecified atom stereocenters. The molecule has 0 radical (unpaired) electrons. The van der Waals surface area contributed by atoms with Gasteiger partial charge in [-0.2, -0.15) is 0 Å². The van der Waals surface area contributed by atoms with E-state index in [1.165, 1.54) is 0 Å². The van der Waals surface area contributed by atoms with Gasteiger partial charge < -0.3 is 11.1 Å². The zero-order valence-corrected chi connectivity index (χ0v) is 10.5. The van der Waals surface area contributed by atoms with Crippen molar-refractivity contribution < 1.29 is 4.79 Å². The number of aryl methyl sites for hydroxylation is 2. The van der Waals surface area contributed by atoms with E-state index in [2.05, 4.69) is 5.32 Å². The van der Waals surface area contributed by atoms with Crippen LogP contribution in [-0.4, -0.2) is 5.91 Å². The van der Waals surface area contributed by atoms with Crippen LogP contribution < -0.4 is 11.1 Å². The van der Waals surface area contributed by atoms with Gasteiger partial charge in [-0.15, -0.1) is 0 Å². The highest BCUT2D eigenvalue weighted by Crippen LogP contribution is 2.15. The smallest absolute Gasteiger partial charge is 0.255 e. The van der Waals surface area contributed by atoms with Gasteiger partial charge in [0, 0.05) is 16.9 Å². The maximum atomic E-state index is 12.1. The number of amides is 1. The van der Waals surface area contributed by atoms with Crippen molar-refractivity contribution in [3.8, 4) is 0 Å². The van der Waals surface area contributed by atoms with Crippen LogP contribution >= 0.6 is 0 Å². The number of nitrogen functional groups attached to an aromatic ring is 1. The van der Waals surface area contributed by atoms with E-state index in [4.69, 9.17) is 5.73 Å². The van der Waals surface area contributed by atoms with Crippen LogP contribution in [0, 0.1) is 13.8 Å². The Morgan fingerprint density at radius 2 is 1.72 bits per heavy atom. The molecule has 0 aliphatic rings. The Hall–Kier alpha value is -2.29. The van der Waals surface area contributed by atoms with E-state index in [9.17, 15) is 4.79 Å². The highest BCUT2D eigenvalue weighted by Gasteiger charge is 2.09. The standard InChI is InChI=1S/C15H16N2O/c1-10-3-4-11(2)14(9-10)15(18)17-13-7-5-12(16)6-8-13/h3-9H,16H2,1-2H3,(H,17,18). The first kappa shape index (κ1) is 12.2. The number of nitrogens with one attached hydrogen (secondary N) is 1. The van der Waals surface area contributed by atoms with Crippen LogP contribution in [0.1, 0.15) is 21.5 Å². The van der Waals surface area contributed by atoms with Crippen LogP contribution in [0.4, 0.5) is 11.4 Å². The molecule has 3 nitrogen and oxygen atoms in total. The molecule has 1 amide bonds. The van der Waals surface area contributed by atoms with E-state index < -0.39 is 0 Å². The first-order chi connectivity index (χ1) is 8.56. The molecule has 3 heteroatoms. The second-order valence-corrected chi connectivity index (χ2v) is 4.39. The summed E-state index contributed by atoms with van der Waals surface area (Å²) in [6, 6.07) is 12.9. The molecular weight excluding hydrogens is 224 g/mol. The van der Waals surface area contributed by atoms with E-state index in [0.29, 0.717) is 11.3 Å². The van der Waals surface area contributed by atoms with E-state index in [-0.39, 0.29) is 5.91 Å². The Balaban J connectivity index is 2.21. The van der Waals surface area contributed by atoms with Gasteiger partial charge in [0.25, 0.3) is 5.91 Å². The first-order valence-corrected chi connectivity index (χ1v) is 5.80. The van der Waals surface area contributed by atoms with Crippen molar-refractivity contribution in [2.24, 2.45) is 0 Å². The largest absolute Gasteiger partial charge is 0.399 e. The van der Waals surface area contributed by atoms with Gasteiger partial charge in [-0.05, 0) is 49.7 Å². The van der Waals surface area contributed by atoms with Crippen LogP contribution in [0.5, 0.6) is 0 Å². The third kappa shape index (κ3) is 2.69. The van der Waals surface area contributed by atoms with Gasteiger partial charge in [-0.25, -0.2) is 0 Å². The lowest BCUT2D eigenvalue weighted by Gasteiger charge is -2.08. The monoisotopic (exact) mass is 240 g/mol. The molecule has 0 spiro atoms. The van der Waals surface area contributed by atoms with Gasteiger partial charge in [-0.1, -0.05) is 17.7 Å². The summed E-state index contributed by atoms with van der Waals surface area (Å²) in [5.74, 6) is -0.0963. The molecule has 3 N–H and O–H groups in total. The van der Waals surface area contributed by atoms with Crippen molar-refractivity contribution in [2.75, 3.05) is 11.1 Å². The summed E-state index contributed by atoms with van der Waals surface area (Å²) in [5, 5.41) is 2.86. The Morgan fingerprint density at radius 3 is 2.39 bits per heavy atom. The number of anilines is 2. The van der Waals surface area contributed by atoms with E-state index in [1.807, 2.05) is 32.0 Å². The van der Waals surface area contributed by atoms with Gasteiger partial charge in [0.2, 0.25) is 0 Å². The normalized spacial score (nSPS) is 10.1. The molecular formula is C15H16N2O. The number of nitrogens with two attached hydrogens (primary N) is 1. The predicted octanol–water partition coefficient (Wildman–Crippen LogP) is 3.14. The minimum Gasteiger partial charge on any atom is -0.399 e. The number of carbonyl (C=O) groups excluding carboxylic acids is 1. The van der Waals surface area contributed by atoms with Crippen molar-refractivity contribution in [1.29, 1.82) is 0 Å². The number of hydrogen-bond acceptors (Lipinski definition) is 2. The van der Waals surface area contributed by atoms with Crippen molar-refractivity contribution in [3.63, 3.8) is 0 Å². The van der Waals surface area contributed by atoms with Crippen LogP contribution in [0.2, 0.25) is 0 Å². The Kier molecular flexibility index (Phi) is 3.33. The van der Waals surface area contributed by atoms with Crippen LogP contribution in [0.3, 0.4) is 0 Å². The van der Waals surface area contributed by atoms with Gasteiger partial charge in [0.1, 0.15) is 0 Å². The van der Waals surface area contributed by atoms with Crippen LogP contribution in [0.15, 0.2) is 42.5 Å². The average Bonchev–Trinajstić information content (AvgIpc) is 2.35. The molecule has 0 saturated carbocycles. The van der Waals surface area contributed by atoms with Crippen molar-refractivity contribution >= 4 is 17.3 Å². The number of rotatable bonds is 2. The lowest BCUT2D eigenvalue weighted by Crippen LogP contribution is -2.13. The molecule has 2 aromatic rings. The van der Waals surface area contributed by atoms with Crippen molar-refractivity contribution in [2.45, 2.75) is 13.8 Å². The van der Waals surface area contributed by atoms with Gasteiger partial charge in [-0.3, -0.25) is 4.79 Å². The lowest BCUT2D eigenvalue weighted by molar-refractivity contribution is 0.102. The maximum Gasteiger partial charge on any atom is 0.255 e. The topological polar surface area (TPSA) is 55.1 Å². The summed E-state index contributed by atoms with van der Waals surface area (Å²) < 4.78 is 0. The van der Waals surface area contributed by atoms with E-state index in [1.54, 1.807) is 24.3 Å². The van der Waals surface area contributed by atoms with Gasteiger partial charge in [0.15, 0.2) is 0 Å². The Morgan fingerprint density at radius 1 is 1.06 bits per heavy atom. The second-order valence-electron chi connectivity index (χ2n) is 4.39. The summed E-state index contributed by atoms with van der Waals surface area (Å²) in [5.41, 5.74) is 9.76. The van der Waals surface area contributed by atoms with Gasteiger partial charge >= 0.3 is 0 Å². The van der Waals surface area contributed by atoms with Crippen LogP contribution in [-0.2, 0) is 0 Å². The molecule has 0 fully saturated rings. The molecule has 0 saturated heterocycles. The predicted molar refractivity (Wildman–Crippen MR) is 74.7 cm³/mol. The molecule has 18 heavy (non-hydrogen) atoms. The quantitative estimate of drug-likeness (QED) is 0.792. The SMILES string of the molecule is Cc1ccc(C)c(C(=O)Nc2ccc(N)cc2)c1. The minimum atomic E-state index is -0.0963. The first-order valence-electron chi connectivity index (χ1n) is 5.80. The molecule has 0 heterocycles. The zero-order valence-electron chi connectivity index (χ0n) is 10.5. The third-order valence-corrected chi connectivity index (χ3v) is 2.81. The number of hydrogen-bond donors (Lipinski definition) is 2. The van der Waals surface area contributed by atoms with E-state index in [0.717, 1.165) is 16.8 Å². The fraction of sp³-hybridized carbons (Fsp3) is 0.133. The molecule has 92 valence electrons. The summed E-state index contributed by atoms with van der Waals surface area (Å²) in [6.07, 6.45) is 0. The summed E-state index contributed by atoms with van der Waals surface area (Å²) >= 11 is 0. The lowest BCUT2D eigenvalue weighted by atomic mass is 10.1. The highest BCUT2D eigenvalue weighted by molar-refractivity contribution is 6.05. The highest BCUT2D eigenvalue weighted by atomic mass is 16.1.